The minimum atomic E-state index is 0. The number of ether oxygens (including phenoxy) is 2. The minimum absolute atomic E-state index is 0. The van der Waals surface area contributed by atoms with E-state index in [1.165, 1.54) is 12.1 Å². The molecule has 0 spiro atoms. The monoisotopic (exact) mass is 518 g/mol. The van der Waals surface area contributed by atoms with E-state index in [0.717, 1.165) is 64.1 Å². The van der Waals surface area contributed by atoms with Gasteiger partial charge in [0.25, 0.3) is 0 Å². The standard InChI is InChI=1S/C22H38N4O2.HI/c1-5-23-22(24-11-7-13-28-17-18(2)3)25-15-19-10-12-26(16-19)20-8-6-9-21(14-20)27-4;/h6,8-9,14,18-19H,5,7,10-13,15-17H2,1-4H3,(H2,23,24,25);1H. The van der Waals surface area contributed by atoms with E-state index in [9.17, 15) is 0 Å². The van der Waals surface area contributed by atoms with Crippen LogP contribution in [0.5, 0.6) is 5.75 Å². The third kappa shape index (κ3) is 9.89. The van der Waals surface area contributed by atoms with Crippen LogP contribution in [0.3, 0.4) is 0 Å². The van der Waals surface area contributed by atoms with E-state index in [1.807, 2.05) is 6.07 Å². The molecule has 1 aromatic carbocycles. The first kappa shape index (κ1) is 25.8. The Morgan fingerprint density at radius 2 is 2.14 bits per heavy atom. The Kier molecular flexibility index (Phi) is 13.1. The summed E-state index contributed by atoms with van der Waals surface area (Å²) in [5, 5.41) is 6.76. The maximum Gasteiger partial charge on any atom is 0.191 e. The second-order valence-corrected chi connectivity index (χ2v) is 7.77. The Morgan fingerprint density at radius 1 is 1.31 bits per heavy atom. The van der Waals surface area contributed by atoms with E-state index < -0.39 is 0 Å². The zero-order chi connectivity index (χ0) is 20.2. The van der Waals surface area contributed by atoms with Crippen LogP contribution in [0.15, 0.2) is 29.3 Å². The third-order valence-electron chi connectivity index (χ3n) is 4.77. The molecule has 6 nitrogen and oxygen atoms in total. The lowest BCUT2D eigenvalue weighted by Crippen LogP contribution is -2.38. The molecule has 0 radical (unpaired) electrons. The second-order valence-electron chi connectivity index (χ2n) is 7.77. The number of halogens is 1. The van der Waals surface area contributed by atoms with Crippen molar-refractivity contribution in [3.05, 3.63) is 24.3 Å². The highest BCUT2D eigenvalue weighted by Crippen LogP contribution is 2.26. The van der Waals surface area contributed by atoms with Crippen LogP contribution in [0.4, 0.5) is 5.69 Å². The van der Waals surface area contributed by atoms with Gasteiger partial charge in [0.2, 0.25) is 0 Å². The fourth-order valence-corrected chi connectivity index (χ4v) is 3.29. The van der Waals surface area contributed by atoms with E-state index in [4.69, 9.17) is 14.5 Å². The second kappa shape index (κ2) is 14.7. The van der Waals surface area contributed by atoms with Crippen molar-refractivity contribution in [2.75, 3.05) is 57.9 Å². The summed E-state index contributed by atoms with van der Waals surface area (Å²) in [6.07, 6.45) is 2.16. The van der Waals surface area contributed by atoms with Crippen molar-refractivity contribution < 1.29 is 9.47 Å². The molecule has 1 aromatic rings. The number of nitrogens with zero attached hydrogens (tertiary/aromatic N) is 2. The van der Waals surface area contributed by atoms with E-state index in [0.29, 0.717) is 11.8 Å². The van der Waals surface area contributed by atoms with Crippen LogP contribution >= 0.6 is 24.0 Å². The Bertz CT molecular complexity index is 598. The molecule has 1 fully saturated rings. The topological polar surface area (TPSA) is 58.1 Å². The average Bonchev–Trinajstić information content (AvgIpc) is 3.17. The molecule has 2 N–H and O–H groups in total. The molecule has 29 heavy (non-hydrogen) atoms. The van der Waals surface area contributed by atoms with Crippen molar-refractivity contribution in [1.29, 1.82) is 0 Å². The molecule has 1 unspecified atom stereocenters. The van der Waals surface area contributed by atoms with Crippen LogP contribution in [0.2, 0.25) is 0 Å². The number of methoxy groups -OCH3 is 1. The van der Waals surface area contributed by atoms with Crippen LogP contribution in [-0.2, 0) is 4.74 Å². The van der Waals surface area contributed by atoms with Crippen LogP contribution in [0.25, 0.3) is 0 Å². The van der Waals surface area contributed by atoms with Gasteiger partial charge in [-0.2, -0.15) is 0 Å². The molecule has 7 heteroatoms. The zero-order valence-corrected chi connectivity index (χ0v) is 20.8. The molecule has 0 aromatic heterocycles. The molecule has 0 saturated carbocycles. The Labute approximate surface area is 193 Å². The van der Waals surface area contributed by atoms with E-state index in [1.54, 1.807) is 7.11 Å². The fourth-order valence-electron chi connectivity index (χ4n) is 3.29. The van der Waals surface area contributed by atoms with Crippen molar-refractivity contribution in [3.8, 4) is 5.75 Å². The normalized spacial score (nSPS) is 16.7. The summed E-state index contributed by atoms with van der Waals surface area (Å²) in [5.41, 5.74) is 1.23. The quantitative estimate of drug-likeness (QED) is 0.202. The van der Waals surface area contributed by atoms with Crippen molar-refractivity contribution >= 4 is 35.6 Å². The lowest BCUT2D eigenvalue weighted by Gasteiger charge is -2.19. The highest BCUT2D eigenvalue weighted by atomic mass is 127. The lowest BCUT2D eigenvalue weighted by atomic mass is 10.1. The molecule has 166 valence electrons. The number of nitrogens with one attached hydrogen (secondary N) is 2. The number of hydrogen-bond acceptors (Lipinski definition) is 4. The van der Waals surface area contributed by atoms with Gasteiger partial charge in [0.1, 0.15) is 5.75 Å². The van der Waals surface area contributed by atoms with Gasteiger partial charge in [0.05, 0.1) is 7.11 Å². The SMILES string of the molecule is CCNC(=NCC1CCN(c2cccc(OC)c2)C1)NCCCOCC(C)C.I. The number of aliphatic imine (C=N–C) groups is 1. The minimum Gasteiger partial charge on any atom is -0.497 e. The predicted molar refractivity (Wildman–Crippen MR) is 133 cm³/mol. The van der Waals surface area contributed by atoms with Crippen molar-refractivity contribution in [1.82, 2.24) is 10.6 Å². The Morgan fingerprint density at radius 3 is 2.86 bits per heavy atom. The number of benzene rings is 1. The number of rotatable bonds is 11. The van der Waals surface area contributed by atoms with Gasteiger partial charge in [0.15, 0.2) is 5.96 Å². The largest absolute Gasteiger partial charge is 0.497 e. The van der Waals surface area contributed by atoms with E-state index >= 15 is 0 Å². The first-order valence-electron chi connectivity index (χ1n) is 10.6. The molecule has 1 heterocycles. The Balaban J connectivity index is 0.00000420. The van der Waals surface area contributed by atoms with Gasteiger partial charge in [-0.3, -0.25) is 4.99 Å². The smallest absolute Gasteiger partial charge is 0.191 e. The third-order valence-corrected chi connectivity index (χ3v) is 4.77. The number of anilines is 1. The zero-order valence-electron chi connectivity index (χ0n) is 18.4. The average molecular weight is 518 g/mol. The molecule has 2 rings (SSSR count). The van der Waals surface area contributed by atoms with E-state index in [-0.39, 0.29) is 24.0 Å². The maximum absolute atomic E-state index is 5.63. The maximum atomic E-state index is 5.63. The van der Waals surface area contributed by atoms with Crippen LogP contribution < -0.4 is 20.3 Å². The number of hydrogen-bond donors (Lipinski definition) is 2. The summed E-state index contributed by atoms with van der Waals surface area (Å²) in [7, 11) is 1.71. The highest BCUT2D eigenvalue weighted by Gasteiger charge is 2.22. The molecule has 1 saturated heterocycles. The summed E-state index contributed by atoms with van der Waals surface area (Å²) in [5.74, 6) is 2.99. The lowest BCUT2D eigenvalue weighted by molar-refractivity contribution is 0.108. The highest BCUT2D eigenvalue weighted by molar-refractivity contribution is 14.0. The van der Waals surface area contributed by atoms with E-state index in [2.05, 4.69) is 54.5 Å². The van der Waals surface area contributed by atoms with Crippen molar-refractivity contribution in [3.63, 3.8) is 0 Å². The molecule has 0 amide bonds. The van der Waals surface area contributed by atoms with Gasteiger partial charge in [-0.1, -0.05) is 19.9 Å². The summed E-state index contributed by atoms with van der Waals surface area (Å²) in [4.78, 5) is 7.23. The molecule has 1 aliphatic rings. The first-order valence-corrected chi connectivity index (χ1v) is 10.6. The van der Waals surface area contributed by atoms with Crippen LogP contribution in [0, 0.1) is 11.8 Å². The first-order chi connectivity index (χ1) is 13.6. The summed E-state index contributed by atoms with van der Waals surface area (Å²) in [6.45, 7) is 12.8. The van der Waals surface area contributed by atoms with Gasteiger partial charge in [-0.15, -0.1) is 24.0 Å². The summed E-state index contributed by atoms with van der Waals surface area (Å²) < 4.78 is 11.0. The summed E-state index contributed by atoms with van der Waals surface area (Å²) >= 11 is 0. The molecular weight excluding hydrogens is 479 g/mol. The van der Waals surface area contributed by atoms with Gasteiger partial charge in [0, 0.05) is 57.7 Å². The predicted octanol–water partition coefficient (Wildman–Crippen LogP) is 3.76. The molecule has 1 atom stereocenters. The molecule has 0 aliphatic carbocycles. The molecule has 1 aliphatic heterocycles. The van der Waals surface area contributed by atoms with Crippen LogP contribution in [-0.4, -0.2) is 59.0 Å². The van der Waals surface area contributed by atoms with Crippen molar-refractivity contribution in [2.24, 2.45) is 16.8 Å². The van der Waals surface area contributed by atoms with Gasteiger partial charge in [-0.05, 0) is 43.7 Å². The van der Waals surface area contributed by atoms with Gasteiger partial charge >= 0.3 is 0 Å². The Hall–Kier alpha value is -1.22. The number of guanidine groups is 1. The summed E-state index contributed by atoms with van der Waals surface area (Å²) in [6, 6.07) is 8.31. The fraction of sp³-hybridized carbons (Fsp3) is 0.682. The van der Waals surface area contributed by atoms with Gasteiger partial charge in [-0.25, -0.2) is 0 Å². The van der Waals surface area contributed by atoms with Gasteiger partial charge < -0.3 is 25.0 Å². The molecular formula is C22H39IN4O2. The molecule has 0 bridgehead atoms. The van der Waals surface area contributed by atoms with Crippen molar-refractivity contribution in [2.45, 2.75) is 33.6 Å². The van der Waals surface area contributed by atoms with Crippen LogP contribution in [0.1, 0.15) is 33.6 Å².